The molecule has 0 N–H and O–H groups in total. The molecule has 0 unspecified atom stereocenters. The number of piperidine rings is 1. The molecule has 0 radical (unpaired) electrons. The Hall–Kier alpha value is -2.51. The molecule has 2 heterocycles. The van der Waals surface area contributed by atoms with E-state index in [4.69, 9.17) is 0 Å². The molecule has 5 nitrogen and oxygen atoms in total. The Labute approximate surface area is 185 Å². The molecule has 164 valence electrons. The molecular formula is C24H28FN3O2S. The van der Waals surface area contributed by atoms with Gasteiger partial charge in [-0.25, -0.2) is 17.7 Å². The van der Waals surface area contributed by atoms with E-state index in [2.05, 4.69) is 29.2 Å². The molecule has 1 aromatic heterocycles. The first kappa shape index (κ1) is 21.7. The summed E-state index contributed by atoms with van der Waals surface area (Å²) >= 11 is 0.962. The van der Waals surface area contributed by atoms with Gasteiger partial charge in [0.1, 0.15) is 5.82 Å². The summed E-state index contributed by atoms with van der Waals surface area (Å²) in [5.41, 5.74) is 1.68. The lowest BCUT2D eigenvalue weighted by molar-refractivity contribution is 0.170. The topological polar surface area (TPSA) is 47.2 Å². The molecule has 0 aliphatic carbocycles. The van der Waals surface area contributed by atoms with E-state index >= 15 is 0 Å². The minimum Gasteiger partial charge on any atom is -0.299 e. The minimum atomic E-state index is -0.365. The molecule has 1 saturated heterocycles. The second-order valence-electron chi connectivity index (χ2n) is 8.31. The third-order valence-corrected chi connectivity index (χ3v) is 6.95. The van der Waals surface area contributed by atoms with Gasteiger partial charge in [-0.1, -0.05) is 42.5 Å². The van der Waals surface area contributed by atoms with Gasteiger partial charge in [0.25, 0.3) is 0 Å². The predicted molar refractivity (Wildman–Crippen MR) is 122 cm³/mol. The SMILES string of the molecule is O=c1sn(CCCC2CCN(Cc3ccccc3)CC2)c(=O)n1Cc1cccc(F)c1. The number of hydrogen-bond donors (Lipinski definition) is 0. The number of benzene rings is 2. The van der Waals surface area contributed by atoms with Gasteiger partial charge in [0.05, 0.1) is 6.54 Å². The molecular weight excluding hydrogens is 413 g/mol. The highest BCUT2D eigenvalue weighted by atomic mass is 32.1. The molecule has 0 bridgehead atoms. The van der Waals surface area contributed by atoms with Crippen LogP contribution >= 0.6 is 11.5 Å². The first-order valence-electron chi connectivity index (χ1n) is 10.9. The maximum Gasteiger partial charge on any atom is 0.341 e. The molecule has 0 atom stereocenters. The minimum absolute atomic E-state index is 0.110. The molecule has 7 heteroatoms. The van der Waals surface area contributed by atoms with E-state index in [0.717, 1.165) is 44.0 Å². The van der Waals surface area contributed by atoms with Crippen LogP contribution in [0.1, 0.15) is 36.8 Å². The van der Waals surface area contributed by atoms with E-state index in [1.54, 1.807) is 16.1 Å². The number of likely N-dealkylation sites (tertiary alicyclic amines) is 1. The Kier molecular flexibility index (Phi) is 7.14. The first-order valence-corrected chi connectivity index (χ1v) is 11.7. The van der Waals surface area contributed by atoms with Crippen molar-refractivity contribution in [1.82, 2.24) is 13.4 Å². The first-order chi connectivity index (χ1) is 15.1. The van der Waals surface area contributed by atoms with Crippen molar-refractivity contribution in [3.05, 3.63) is 91.7 Å². The zero-order chi connectivity index (χ0) is 21.6. The Bertz CT molecular complexity index is 1100. The smallest absolute Gasteiger partial charge is 0.299 e. The Morgan fingerprint density at radius 3 is 2.42 bits per heavy atom. The van der Waals surface area contributed by atoms with Crippen molar-refractivity contribution >= 4 is 11.5 Å². The predicted octanol–water partition coefficient (Wildman–Crippen LogP) is 3.95. The van der Waals surface area contributed by atoms with Crippen LogP contribution in [0, 0.1) is 11.7 Å². The summed E-state index contributed by atoms with van der Waals surface area (Å²) in [4.78, 5) is 27.1. The van der Waals surface area contributed by atoms with Crippen LogP contribution in [0.3, 0.4) is 0 Å². The number of aryl methyl sites for hydroxylation is 1. The van der Waals surface area contributed by atoms with Crippen LogP contribution in [0.5, 0.6) is 0 Å². The lowest BCUT2D eigenvalue weighted by Crippen LogP contribution is -2.33. The van der Waals surface area contributed by atoms with Gasteiger partial charge < -0.3 is 0 Å². The largest absolute Gasteiger partial charge is 0.341 e. The average molecular weight is 442 g/mol. The van der Waals surface area contributed by atoms with Crippen LogP contribution in [-0.4, -0.2) is 26.5 Å². The van der Waals surface area contributed by atoms with E-state index in [1.807, 2.05) is 6.07 Å². The maximum absolute atomic E-state index is 13.4. The van der Waals surface area contributed by atoms with Crippen molar-refractivity contribution in [2.24, 2.45) is 5.92 Å². The second kappa shape index (κ2) is 10.2. The summed E-state index contributed by atoms with van der Waals surface area (Å²) < 4.78 is 16.1. The number of aromatic nitrogens is 2. The molecule has 0 saturated carbocycles. The average Bonchev–Trinajstić information content (AvgIpc) is 3.03. The van der Waals surface area contributed by atoms with Crippen molar-refractivity contribution in [2.75, 3.05) is 13.1 Å². The molecule has 0 amide bonds. The molecule has 1 aliphatic rings. The van der Waals surface area contributed by atoms with Gasteiger partial charge >= 0.3 is 10.6 Å². The zero-order valence-corrected chi connectivity index (χ0v) is 18.4. The summed E-state index contributed by atoms with van der Waals surface area (Å²) in [6, 6.07) is 16.6. The molecule has 1 aliphatic heterocycles. The number of nitrogens with zero attached hydrogens (tertiary/aromatic N) is 3. The van der Waals surface area contributed by atoms with Crippen molar-refractivity contribution in [3.8, 4) is 0 Å². The molecule has 31 heavy (non-hydrogen) atoms. The molecule has 0 spiro atoms. The van der Waals surface area contributed by atoms with Crippen molar-refractivity contribution in [2.45, 2.75) is 45.3 Å². The van der Waals surface area contributed by atoms with Gasteiger partial charge in [-0.05, 0) is 68.0 Å². The van der Waals surface area contributed by atoms with Crippen LogP contribution in [0.4, 0.5) is 4.39 Å². The number of rotatable bonds is 8. The third kappa shape index (κ3) is 5.80. The fourth-order valence-corrected chi connectivity index (χ4v) is 5.11. The normalized spacial score (nSPS) is 15.4. The fourth-order valence-electron chi connectivity index (χ4n) is 4.29. The van der Waals surface area contributed by atoms with E-state index in [0.29, 0.717) is 18.0 Å². The van der Waals surface area contributed by atoms with Gasteiger partial charge in [0, 0.05) is 24.6 Å². The lowest BCUT2D eigenvalue weighted by Gasteiger charge is -2.32. The standard InChI is InChI=1S/C24H28FN3O2S/c25-22-10-4-8-21(16-22)18-27-23(29)28(31-24(27)30)13-5-9-19-11-14-26(15-12-19)17-20-6-2-1-3-7-20/h1-4,6-8,10,16,19H,5,9,11-15,17-18H2. The molecule has 2 aromatic carbocycles. The van der Waals surface area contributed by atoms with Crippen molar-refractivity contribution in [3.63, 3.8) is 0 Å². The second-order valence-corrected chi connectivity index (χ2v) is 9.28. The highest BCUT2D eigenvalue weighted by Crippen LogP contribution is 2.23. The summed E-state index contributed by atoms with van der Waals surface area (Å²) in [6.07, 6.45) is 4.32. The maximum atomic E-state index is 13.4. The lowest BCUT2D eigenvalue weighted by atomic mass is 9.92. The Morgan fingerprint density at radius 1 is 0.935 bits per heavy atom. The van der Waals surface area contributed by atoms with Crippen LogP contribution in [0.25, 0.3) is 0 Å². The molecule has 1 fully saturated rings. The number of halogens is 1. The molecule has 3 aromatic rings. The Morgan fingerprint density at radius 2 is 1.68 bits per heavy atom. The van der Waals surface area contributed by atoms with E-state index in [9.17, 15) is 14.0 Å². The summed E-state index contributed by atoms with van der Waals surface area (Å²) in [5, 5.41) is 0. The van der Waals surface area contributed by atoms with Crippen LogP contribution in [0.2, 0.25) is 0 Å². The Balaban J connectivity index is 1.25. The van der Waals surface area contributed by atoms with Gasteiger partial charge in [-0.3, -0.25) is 9.69 Å². The van der Waals surface area contributed by atoms with Crippen LogP contribution in [0.15, 0.2) is 64.2 Å². The summed E-state index contributed by atoms with van der Waals surface area (Å²) in [6.45, 7) is 3.90. The zero-order valence-electron chi connectivity index (χ0n) is 17.6. The van der Waals surface area contributed by atoms with E-state index < -0.39 is 0 Å². The van der Waals surface area contributed by atoms with Gasteiger partial charge in [0.2, 0.25) is 0 Å². The van der Waals surface area contributed by atoms with Gasteiger partial charge in [0.15, 0.2) is 0 Å². The van der Waals surface area contributed by atoms with Crippen LogP contribution < -0.4 is 10.6 Å². The van der Waals surface area contributed by atoms with E-state index in [1.165, 1.54) is 35.1 Å². The highest BCUT2D eigenvalue weighted by molar-refractivity contribution is 7.03. The van der Waals surface area contributed by atoms with Crippen LogP contribution in [-0.2, 0) is 19.6 Å². The fraction of sp³-hybridized carbons (Fsp3) is 0.417. The molecule has 4 rings (SSSR count). The van der Waals surface area contributed by atoms with Crippen molar-refractivity contribution in [1.29, 1.82) is 0 Å². The van der Waals surface area contributed by atoms with Gasteiger partial charge in [-0.15, -0.1) is 0 Å². The third-order valence-electron chi connectivity index (χ3n) is 6.01. The van der Waals surface area contributed by atoms with E-state index in [-0.39, 0.29) is 22.9 Å². The summed E-state index contributed by atoms with van der Waals surface area (Å²) in [7, 11) is 0. The number of hydrogen-bond acceptors (Lipinski definition) is 4. The summed E-state index contributed by atoms with van der Waals surface area (Å²) in [5.74, 6) is 0.310. The quantitative estimate of drug-likeness (QED) is 0.532. The van der Waals surface area contributed by atoms with Crippen molar-refractivity contribution < 1.29 is 4.39 Å². The monoisotopic (exact) mass is 441 g/mol. The highest BCUT2D eigenvalue weighted by Gasteiger charge is 2.19. The van der Waals surface area contributed by atoms with Gasteiger partial charge in [-0.2, -0.15) is 0 Å².